The zero-order valence-corrected chi connectivity index (χ0v) is 11.3. The zero-order valence-electron chi connectivity index (χ0n) is 10.5. The molecule has 1 fully saturated rings. The van der Waals surface area contributed by atoms with Crippen LogP contribution >= 0.6 is 11.3 Å². The molecule has 112 valence electrons. The normalized spacial score (nSPS) is 22.3. The van der Waals surface area contributed by atoms with E-state index in [1.807, 2.05) is 0 Å². The molecule has 1 unspecified atom stereocenters. The number of rotatable bonds is 3. The highest BCUT2D eigenvalue weighted by atomic mass is 32.1. The largest absolute Gasteiger partial charge is 0.416 e. The smallest absolute Gasteiger partial charge is 0.357 e. The first kappa shape index (κ1) is 14.5. The number of epoxide rings is 1. The molecular formula is C14H9F5OS. The standard InChI is InChI=1S/C14H9F5OS/c15-13(16,11-2-1-7-21-11)12(8-20-12)9-3-5-10(6-4-9)14(17,18)19/h1-7H,8H2. The Balaban J connectivity index is 1.96. The van der Waals surface area contributed by atoms with Crippen molar-refractivity contribution in [1.82, 2.24) is 0 Å². The van der Waals surface area contributed by atoms with Crippen molar-refractivity contribution < 1.29 is 26.7 Å². The van der Waals surface area contributed by atoms with Gasteiger partial charge in [0, 0.05) is 0 Å². The van der Waals surface area contributed by atoms with Gasteiger partial charge in [0.15, 0.2) is 5.60 Å². The van der Waals surface area contributed by atoms with Gasteiger partial charge in [0.05, 0.1) is 17.0 Å². The van der Waals surface area contributed by atoms with Crippen LogP contribution in [-0.4, -0.2) is 6.61 Å². The molecule has 1 aromatic carbocycles. The quantitative estimate of drug-likeness (QED) is 0.585. The molecule has 1 aromatic heterocycles. The Morgan fingerprint density at radius 3 is 2.05 bits per heavy atom. The van der Waals surface area contributed by atoms with E-state index in [-0.39, 0.29) is 17.0 Å². The van der Waals surface area contributed by atoms with Crippen LogP contribution < -0.4 is 0 Å². The van der Waals surface area contributed by atoms with Gasteiger partial charge >= 0.3 is 12.1 Å². The summed E-state index contributed by atoms with van der Waals surface area (Å²) in [6, 6.07) is 6.48. The summed E-state index contributed by atoms with van der Waals surface area (Å²) in [5.74, 6) is -3.28. The minimum Gasteiger partial charge on any atom is -0.357 e. The van der Waals surface area contributed by atoms with Crippen LogP contribution in [-0.2, 0) is 22.4 Å². The van der Waals surface area contributed by atoms with Gasteiger partial charge in [-0.15, -0.1) is 11.3 Å². The van der Waals surface area contributed by atoms with Crippen molar-refractivity contribution in [3.05, 3.63) is 57.8 Å². The minimum atomic E-state index is -4.49. The summed E-state index contributed by atoms with van der Waals surface area (Å²) < 4.78 is 71.5. The van der Waals surface area contributed by atoms with E-state index < -0.39 is 23.3 Å². The van der Waals surface area contributed by atoms with E-state index in [0.29, 0.717) is 0 Å². The second-order valence-electron chi connectivity index (χ2n) is 4.74. The van der Waals surface area contributed by atoms with Crippen LogP contribution in [0.2, 0.25) is 0 Å². The van der Waals surface area contributed by atoms with Crippen LogP contribution in [0.3, 0.4) is 0 Å². The first-order chi connectivity index (χ1) is 9.77. The molecule has 1 nitrogen and oxygen atoms in total. The first-order valence-corrected chi connectivity index (χ1v) is 6.89. The van der Waals surface area contributed by atoms with Crippen molar-refractivity contribution in [3.8, 4) is 0 Å². The number of ether oxygens (including phenoxy) is 1. The molecule has 1 aliphatic rings. The van der Waals surface area contributed by atoms with E-state index in [9.17, 15) is 22.0 Å². The summed E-state index contributed by atoms with van der Waals surface area (Å²) >= 11 is 0.889. The van der Waals surface area contributed by atoms with Gasteiger partial charge in [0.1, 0.15) is 0 Å². The van der Waals surface area contributed by atoms with Crippen LogP contribution in [0.15, 0.2) is 41.8 Å². The summed E-state index contributed by atoms with van der Waals surface area (Å²) in [7, 11) is 0. The Morgan fingerprint density at radius 1 is 1.00 bits per heavy atom. The predicted molar refractivity (Wildman–Crippen MR) is 67.3 cm³/mol. The Hall–Kier alpha value is -1.47. The van der Waals surface area contributed by atoms with Crippen molar-refractivity contribution in [2.45, 2.75) is 17.7 Å². The predicted octanol–water partition coefficient (Wildman–Crippen LogP) is 4.78. The number of hydrogen-bond acceptors (Lipinski definition) is 2. The highest BCUT2D eigenvalue weighted by molar-refractivity contribution is 7.10. The molecule has 0 radical (unpaired) electrons. The summed E-state index contributed by atoms with van der Waals surface area (Å²) in [5.41, 5.74) is -2.68. The Morgan fingerprint density at radius 2 is 1.62 bits per heavy atom. The van der Waals surface area contributed by atoms with E-state index in [4.69, 9.17) is 4.74 Å². The average molecular weight is 320 g/mol. The van der Waals surface area contributed by atoms with E-state index in [1.165, 1.54) is 17.5 Å². The maximum absolute atomic E-state index is 14.5. The van der Waals surface area contributed by atoms with Gasteiger partial charge in [-0.25, -0.2) is 0 Å². The van der Waals surface area contributed by atoms with E-state index in [0.717, 1.165) is 35.6 Å². The Kier molecular flexibility index (Phi) is 3.11. The summed E-state index contributed by atoms with van der Waals surface area (Å²) in [4.78, 5) is -0.167. The second kappa shape index (κ2) is 4.51. The van der Waals surface area contributed by atoms with Crippen LogP contribution in [0, 0.1) is 0 Å². The fourth-order valence-electron chi connectivity index (χ4n) is 2.19. The summed E-state index contributed by atoms with van der Waals surface area (Å²) in [6.45, 7) is -0.219. The maximum atomic E-state index is 14.5. The monoisotopic (exact) mass is 320 g/mol. The van der Waals surface area contributed by atoms with Gasteiger partial charge in [0.2, 0.25) is 0 Å². The lowest BCUT2D eigenvalue weighted by atomic mass is 9.91. The highest BCUT2D eigenvalue weighted by Crippen LogP contribution is 2.57. The zero-order chi connectivity index (χ0) is 15.3. The second-order valence-corrected chi connectivity index (χ2v) is 5.69. The Bertz CT molecular complexity index is 626. The number of benzene rings is 1. The molecule has 21 heavy (non-hydrogen) atoms. The van der Waals surface area contributed by atoms with Gasteiger partial charge in [-0.05, 0) is 29.1 Å². The highest BCUT2D eigenvalue weighted by Gasteiger charge is 2.66. The molecule has 0 saturated carbocycles. The third-order valence-corrected chi connectivity index (χ3v) is 4.39. The fraction of sp³-hybridized carbons (Fsp3) is 0.286. The van der Waals surface area contributed by atoms with Crippen molar-refractivity contribution >= 4 is 11.3 Å². The number of thiophene rings is 1. The summed E-state index contributed by atoms with van der Waals surface area (Å²) in [5, 5.41) is 1.52. The molecule has 2 heterocycles. The van der Waals surface area contributed by atoms with Crippen molar-refractivity contribution in [3.63, 3.8) is 0 Å². The number of hydrogen-bond donors (Lipinski definition) is 0. The van der Waals surface area contributed by atoms with Gasteiger partial charge in [-0.1, -0.05) is 18.2 Å². The Labute approximate surface area is 121 Å². The molecule has 2 aromatic rings. The van der Waals surface area contributed by atoms with Gasteiger partial charge in [0.25, 0.3) is 0 Å². The van der Waals surface area contributed by atoms with E-state index in [1.54, 1.807) is 0 Å². The lowest BCUT2D eigenvalue weighted by Crippen LogP contribution is -2.31. The lowest BCUT2D eigenvalue weighted by molar-refractivity contribution is -0.137. The topological polar surface area (TPSA) is 12.5 Å². The molecule has 0 aliphatic carbocycles. The third-order valence-electron chi connectivity index (χ3n) is 3.45. The maximum Gasteiger partial charge on any atom is 0.416 e. The van der Waals surface area contributed by atoms with Gasteiger partial charge in [-0.3, -0.25) is 0 Å². The van der Waals surface area contributed by atoms with E-state index >= 15 is 0 Å². The van der Waals surface area contributed by atoms with Gasteiger partial charge < -0.3 is 4.74 Å². The van der Waals surface area contributed by atoms with Crippen molar-refractivity contribution in [2.24, 2.45) is 0 Å². The molecule has 0 bridgehead atoms. The van der Waals surface area contributed by atoms with Gasteiger partial charge in [-0.2, -0.15) is 22.0 Å². The molecule has 3 rings (SSSR count). The molecule has 7 heteroatoms. The molecule has 1 saturated heterocycles. The lowest BCUT2D eigenvalue weighted by Gasteiger charge is -2.23. The first-order valence-electron chi connectivity index (χ1n) is 6.01. The molecule has 1 atom stereocenters. The molecule has 0 spiro atoms. The van der Waals surface area contributed by atoms with Crippen molar-refractivity contribution in [2.75, 3.05) is 6.61 Å². The number of halogens is 5. The third kappa shape index (κ3) is 2.24. The van der Waals surface area contributed by atoms with Crippen LogP contribution in [0.5, 0.6) is 0 Å². The molecular weight excluding hydrogens is 311 g/mol. The summed E-state index contributed by atoms with van der Waals surface area (Å²) in [6.07, 6.45) is -4.49. The van der Waals surface area contributed by atoms with E-state index in [2.05, 4.69) is 0 Å². The SMILES string of the molecule is FC(F)(F)c1ccc(C2(C(F)(F)c3cccs3)CO2)cc1. The molecule has 0 N–H and O–H groups in total. The van der Waals surface area contributed by atoms with Crippen LogP contribution in [0.1, 0.15) is 16.0 Å². The molecule has 1 aliphatic heterocycles. The van der Waals surface area contributed by atoms with Crippen LogP contribution in [0.4, 0.5) is 22.0 Å². The molecule has 0 amide bonds. The average Bonchev–Trinajstić information content (AvgIpc) is 3.06. The van der Waals surface area contributed by atoms with Crippen LogP contribution in [0.25, 0.3) is 0 Å². The fourth-order valence-corrected chi connectivity index (χ4v) is 2.96. The van der Waals surface area contributed by atoms with Crippen molar-refractivity contribution in [1.29, 1.82) is 0 Å². The number of alkyl halides is 5. The minimum absolute atomic E-state index is 0.0499.